The van der Waals surface area contributed by atoms with Crippen molar-refractivity contribution in [2.24, 2.45) is 5.73 Å². The molecule has 2 aromatic carbocycles. The van der Waals surface area contributed by atoms with E-state index < -0.39 is 0 Å². The van der Waals surface area contributed by atoms with Crippen molar-refractivity contribution in [2.45, 2.75) is 19.7 Å². The Morgan fingerprint density at radius 3 is 2.40 bits per heavy atom. The summed E-state index contributed by atoms with van der Waals surface area (Å²) in [6, 6.07) is 16.4. The van der Waals surface area contributed by atoms with Gasteiger partial charge in [0.05, 0.1) is 12.1 Å². The molecule has 1 heterocycles. The van der Waals surface area contributed by atoms with Crippen LogP contribution in [0, 0.1) is 0 Å². The zero-order valence-corrected chi connectivity index (χ0v) is 11.3. The molecule has 3 heteroatoms. The van der Waals surface area contributed by atoms with Gasteiger partial charge in [-0.1, -0.05) is 42.5 Å². The van der Waals surface area contributed by atoms with Crippen LogP contribution in [0.5, 0.6) is 0 Å². The zero-order chi connectivity index (χ0) is 13.9. The summed E-state index contributed by atoms with van der Waals surface area (Å²) in [6.45, 7) is 1.45. The molecule has 1 aromatic heterocycles. The Morgan fingerprint density at radius 1 is 0.950 bits per heavy atom. The summed E-state index contributed by atoms with van der Waals surface area (Å²) in [5, 5.41) is 10.3. The number of benzene rings is 2. The first kappa shape index (κ1) is 12.9. The van der Waals surface area contributed by atoms with Gasteiger partial charge in [-0.25, -0.2) is 0 Å². The molecule has 3 N–H and O–H groups in total. The van der Waals surface area contributed by atoms with Gasteiger partial charge in [-0.15, -0.1) is 0 Å². The van der Waals surface area contributed by atoms with Gasteiger partial charge in [0.15, 0.2) is 0 Å². The molecule has 0 saturated heterocycles. The van der Waals surface area contributed by atoms with Crippen LogP contribution in [-0.4, -0.2) is 9.67 Å². The molecular weight excluding hydrogens is 248 g/mol. The van der Waals surface area contributed by atoms with Crippen LogP contribution in [0.3, 0.4) is 0 Å². The van der Waals surface area contributed by atoms with E-state index in [9.17, 15) is 0 Å². The maximum Gasteiger partial charge on any atom is 0.0681 e. The quantitative estimate of drug-likeness (QED) is 0.762. The molecule has 0 fully saturated rings. The minimum atomic E-state index is 0.0874. The molecular formula is C17H18N2O. The van der Waals surface area contributed by atoms with E-state index in [1.807, 2.05) is 18.2 Å². The number of para-hydroxylation sites is 1. The molecule has 3 aromatic rings. The third kappa shape index (κ3) is 2.33. The van der Waals surface area contributed by atoms with Crippen molar-refractivity contribution in [3.8, 4) is 0 Å². The van der Waals surface area contributed by atoms with E-state index >= 15 is 0 Å². The topological polar surface area (TPSA) is 51.2 Å². The second kappa shape index (κ2) is 5.49. The summed E-state index contributed by atoms with van der Waals surface area (Å²) in [4.78, 5) is 0. The monoisotopic (exact) mass is 266 g/mol. The fourth-order valence-corrected chi connectivity index (χ4v) is 2.58. The molecule has 0 atom stereocenters. The first-order valence-electron chi connectivity index (χ1n) is 6.77. The van der Waals surface area contributed by atoms with Crippen molar-refractivity contribution in [3.05, 3.63) is 71.4 Å². The number of aliphatic hydroxyl groups is 1. The van der Waals surface area contributed by atoms with Gasteiger partial charge in [0.1, 0.15) is 0 Å². The molecule has 0 amide bonds. The molecule has 0 radical (unpaired) electrons. The number of hydrogen-bond acceptors (Lipinski definition) is 2. The SMILES string of the molecule is NCc1cccc2ccn(Cc3ccc(CO)cc3)c12. The third-order valence-corrected chi connectivity index (χ3v) is 3.65. The van der Waals surface area contributed by atoms with Gasteiger partial charge in [-0.05, 0) is 28.1 Å². The standard InChI is InChI=1S/C17H18N2O/c18-10-16-3-1-2-15-8-9-19(17(15)16)11-13-4-6-14(12-20)7-5-13/h1-9,20H,10-12,18H2. The highest BCUT2D eigenvalue weighted by molar-refractivity contribution is 5.83. The minimum absolute atomic E-state index is 0.0874. The third-order valence-electron chi connectivity index (χ3n) is 3.65. The average molecular weight is 266 g/mol. The van der Waals surface area contributed by atoms with E-state index in [2.05, 4.69) is 41.1 Å². The number of hydrogen-bond donors (Lipinski definition) is 2. The van der Waals surface area contributed by atoms with E-state index in [1.54, 1.807) is 0 Å². The molecule has 0 bridgehead atoms. The first-order valence-corrected chi connectivity index (χ1v) is 6.77. The predicted molar refractivity (Wildman–Crippen MR) is 81.3 cm³/mol. The highest BCUT2D eigenvalue weighted by Crippen LogP contribution is 2.21. The Balaban J connectivity index is 1.97. The van der Waals surface area contributed by atoms with Gasteiger partial charge >= 0.3 is 0 Å². The van der Waals surface area contributed by atoms with Gasteiger partial charge in [-0.3, -0.25) is 0 Å². The number of nitrogens with zero attached hydrogens (tertiary/aromatic N) is 1. The highest BCUT2D eigenvalue weighted by Gasteiger charge is 2.06. The van der Waals surface area contributed by atoms with E-state index in [-0.39, 0.29) is 6.61 Å². The predicted octanol–water partition coefficient (Wildman–Crippen LogP) is 2.64. The fraction of sp³-hybridized carbons (Fsp3) is 0.176. The second-order valence-corrected chi connectivity index (χ2v) is 4.98. The van der Waals surface area contributed by atoms with Gasteiger partial charge in [0.2, 0.25) is 0 Å². The van der Waals surface area contributed by atoms with Crippen LogP contribution in [0.4, 0.5) is 0 Å². The van der Waals surface area contributed by atoms with Gasteiger partial charge < -0.3 is 15.4 Å². The van der Waals surface area contributed by atoms with Crippen LogP contribution in [-0.2, 0) is 19.7 Å². The molecule has 0 aliphatic carbocycles. The molecule has 3 rings (SSSR count). The van der Waals surface area contributed by atoms with Crippen molar-refractivity contribution in [1.29, 1.82) is 0 Å². The maximum absolute atomic E-state index is 9.08. The molecule has 3 nitrogen and oxygen atoms in total. The van der Waals surface area contributed by atoms with Crippen molar-refractivity contribution >= 4 is 10.9 Å². The van der Waals surface area contributed by atoms with Crippen LogP contribution in [0.15, 0.2) is 54.7 Å². The van der Waals surface area contributed by atoms with Gasteiger partial charge in [-0.2, -0.15) is 0 Å². The summed E-state index contributed by atoms with van der Waals surface area (Å²) in [5.74, 6) is 0. The molecule has 0 saturated carbocycles. The Labute approximate surface area is 118 Å². The summed E-state index contributed by atoms with van der Waals surface area (Å²) in [7, 11) is 0. The van der Waals surface area contributed by atoms with Crippen molar-refractivity contribution in [2.75, 3.05) is 0 Å². The second-order valence-electron chi connectivity index (χ2n) is 4.98. The number of aliphatic hydroxyl groups excluding tert-OH is 1. The van der Waals surface area contributed by atoms with E-state index in [0.29, 0.717) is 6.54 Å². The van der Waals surface area contributed by atoms with E-state index in [4.69, 9.17) is 10.8 Å². The highest BCUT2D eigenvalue weighted by atomic mass is 16.3. The number of nitrogens with two attached hydrogens (primary N) is 1. The van der Waals surface area contributed by atoms with Gasteiger partial charge in [0, 0.05) is 19.3 Å². The van der Waals surface area contributed by atoms with Gasteiger partial charge in [0.25, 0.3) is 0 Å². The van der Waals surface area contributed by atoms with Crippen LogP contribution >= 0.6 is 0 Å². The van der Waals surface area contributed by atoms with E-state index in [0.717, 1.165) is 12.1 Å². The summed E-state index contributed by atoms with van der Waals surface area (Å²) < 4.78 is 2.23. The summed E-state index contributed by atoms with van der Waals surface area (Å²) in [5.41, 5.74) is 10.4. The van der Waals surface area contributed by atoms with Crippen LogP contribution < -0.4 is 5.73 Å². The van der Waals surface area contributed by atoms with Crippen molar-refractivity contribution in [1.82, 2.24) is 4.57 Å². The molecule has 0 aliphatic heterocycles. The Bertz CT molecular complexity index is 713. The number of rotatable bonds is 4. The number of fused-ring (bicyclic) bond motifs is 1. The lowest BCUT2D eigenvalue weighted by molar-refractivity contribution is 0.282. The lowest BCUT2D eigenvalue weighted by Crippen LogP contribution is -2.03. The average Bonchev–Trinajstić information content (AvgIpc) is 2.91. The minimum Gasteiger partial charge on any atom is -0.392 e. The lowest BCUT2D eigenvalue weighted by atomic mass is 10.1. The molecule has 0 spiro atoms. The van der Waals surface area contributed by atoms with Crippen molar-refractivity contribution < 1.29 is 5.11 Å². The lowest BCUT2D eigenvalue weighted by Gasteiger charge is -2.09. The zero-order valence-electron chi connectivity index (χ0n) is 11.3. The summed E-state index contributed by atoms with van der Waals surface area (Å²) in [6.07, 6.45) is 2.10. The van der Waals surface area contributed by atoms with Crippen molar-refractivity contribution in [3.63, 3.8) is 0 Å². The number of aromatic nitrogens is 1. The molecule has 20 heavy (non-hydrogen) atoms. The fourth-order valence-electron chi connectivity index (χ4n) is 2.58. The normalized spacial score (nSPS) is 11.1. The van der Waals surface area contributed by atoms with Crippen LogP contribution in [0.1, 0.15) is 16.7 Å². The van der Waals surface area contributed by atoms with Crippen LogP contribution in [0.25, 0.3) is 10.9 Å². The largest absolute Gasteiger partial charge is 0.392 e. The van der Waals surface area contributed by atoms with Crippen LogP contribution in [0.2, 0.25) is 0 Å². The molecule has 0 aliphatic rings. The molecule has 0 unspecified atom stereocenters. The first-order chi connectivity index (χ1) is 9.81. The summed E-state index contributed by atoms with van der Waals surface area (Å²) >= 11 is 0. The maximum atomic E-state index is 9.08. The Kier molecular flexibility index (Phi) is 3.54. The Morgan fingerprint density at radius 2 is 1.70 bits per heavy atom. The molecule has 102 valence electrons. The Hall–Kier alpha value is -2.10. The van der Waals surface area contributed by atoms with E-state index in [1.165, 1.54) is 22.0 Å². The smallest absolute Gasteiger partial charge is 0.0681 e.